The number of nitrogens with zero attached hydrogens (tertiary/aromatic N) is 2. The highest BCUT2D eigenvalue weighted by molar-refractivity contribution is 5.28. The average Bonchev–Trinajstić information content (AvgIpc) is 2.50. The predicted octanol–water partition coefficient (Wildman–Crippen LogP) is 2.01. The summed E-state index contributed by atoms with van der Waals surface area (Å²) in [6.45, 7) is 0. The summed E-state index contributed by atoms with van der Waals surface area (Å²) in [4.78, 5) is 8.14. The number of nitrogens with two attached hydrogens (primary N) is 1. The van der Waals surface area contributed by atoms with Crippen LogP contribution in [0.25, 0.3) is 0 Å². The molecule has 112 valence electrons. The second kappa shape index (κ2) is 6.45. The van der Waals surface area contributed by atoms with Gasteiger partial charge in [-0.15, -0.1) is 0 Å². The highest BCUT2D eigenvalue weighted by Gasteiger charge is 2.20. The number of methoxy groups -OCH3 is 2. The van der Waals surface area contributed by atoms with Crippen molar-refractivity contribution < 1.29 is 18.3 Å². The Labute approximate surface area is 120 Å². The fourth-order valence-corrected chi connectivity index (χ4v) is 1.91. The smallest absolute Gasteiger partial charge is 0.240 e. The summed E-state index contributed by atoms with van der Waals surface area (Å²) in [6.07, 6.45) is 1.31. The van der Waals surface area contributed by atoms with Gasteiger partial charge < -0.3 is 15.2 Å². The van der Waals surface area contributed by atoms with Gasteiger partial charge in [0.15, 0.2) is 0 Å². The first kappa shape index (κ1) is 15.1. The van der Waals surface area contributed by atoms with E-state index in [0.717, 1.165) is 0 Å². The molecular weight excluding hydrogens is 280 g/mol. The van der Waals surface area contributed by atoms with Crippen molar-refractivity contribution in [1.82, 2.24) is 9.97 Å². The van der Waals surface area contributed by atoms with Gasteiger partial charge in [-0.2, -0.15) is 4.98 Å². The Morgan fingerprint density at radius 2 is 1.86 bits per heavy atom. The molecule has 0 fully saturated rings. The summed E-state index contributed by atoms with van der Waals surface area (Å²) in [6, 6.07) is 2.90. The minimum absolute atomic E-state index is 0.0596. The molecule has 1 aromatic carbocycles. The molecule has 2 aromatic rings. The van der Waals surface area contributed by atoms with E-state index in [1.54, 1.807) is 0 Å². The lowest BCUT2D eigenvalue weighted by Gasteiger charge is -2.15. The second-order valence-electron chi connectivity index (χ2n) is 4.32. The van der Waals surface area contributed by atoms with Crippen LogP contribution in [-0.4, -0.2) is 24.2 Å². The molecule has 1 aromatic heterocycles. The summed E-state index contributed by atoms with van der Waals surface area (Å²) < 4.78 is 37.3. The number of aromatic nitrogens is 2. The van der Waals surface area contributed by atoms with E-state index in [9.17, 15) is 8.78 Å². The predicted molar refractivity (Wildman–Crippen MR) is 72.1 cm³/mol. The second-order valence-corrected chi connectivity index (χ2v) is 4.32. The molecule has 1 atom stereocenters. The highest BCUT2D eigenvalue weighted by atomic mass is 19.1. The van der Waals surface area contributed by atoms with Crippen LogP contribution in [0.15, 0.2) is 24.4 Å². The molecule has 0 aliphatic rings. The van der Waals surface area contributed by atoms with Crippen molar-refractivity contribution in [1.29, 1.82) is 0 Å². The topological polar surface area (TPSA) is 70.3 Å². The van der Waals surface area contributed by atoms with E-state index in [2.05, 4.69) is 9.97 Å². The van der Waals surface area contributed by atoms with Gasteiger partial charge in [0, 0.05) is 5.56 Å². The Kier molecular flexibility index (Phi) is 4.64. The largest absolute Gasteiger partial charge is 0.480 e. The molecule has 1 heterocycles. The molecule has 0 spiro atoms. The van der Waals surface area contributed by atoms with Crippen molar-refractivity contribution in [2.45, 2.75) is 12.5 Å². The summed E-state index contributed by atoms with van der Waals surface area (Å²) in [7, 11) is 2.85. The van der Waals surface area contributed by atoms with Gasteiger partial charge in [0.2, 0.25) is 11.8 Å². The van der Waals surface area contributed by atoms with Gasteiger partial charge in [-0.25, -0.2) is 13.8 Å². The number of halogens is 2. The van der Waals surface area contributed by atoms with Crippen LogP contribution < -0.4 is 15.2 Å². The van der Waals surface area contributed by atoms with Crippen LogP contribution in [0.4, 0.5) is 8.78 Å². The number of hydrogen-bond acceptors (Lipinski definition) is 5. The van der Waals surface area contributed by atoms with Gasteiger partial charge in [0.05, 0.1) is 26.5 Å². The van der Waals surface area contributed by atoms with Crippen LogP contribution in [0.5, 0.6) is 11.8 Å². The number of benzene rings is 1. The Morgan fingerprint density at radius 1 is 1.19 bits per heavy atom. The van der Waals surface area contributed by atoms with Crippen LogP contribution >= 0.6 is 0 Å². The van der Waals surface area contributed by atoms with Crippen molar-refractivity contribution in [3.63, 3.8) is 0 Å². The highest BCUT2D eigenvalue weighted by Crippen LogP contribution is 2.25. The molecule has 0 radical (unpaired) electrons. The van der Waals surface area contributed by atoms with Crippen LogP contribution in [0.2, 0.25) is 0 Å². The first-order valence-electron chi connectivity index (χ1n) is 6.20. The summed E-state index contributed by atoms with van der Waals surface area (Å²) in [5.74, 6) is -0.866. The van der Waals surface area contributed by atoms with E-state index in [1.165, 1.54) is 38.6 Å². The lowest BCUT2D eigenvalue weighted by Crippen LogP contribution is -2.18. The SMILES string of the molecule is COc1cnc(C(N)Cc2c(F)cccc2F)c(OC)n1. The van der Waals surface area contributed by atoms with E-state index in [1.807, 2.05) is 0 Å². The van der Waals surface area contributed by atoms with E-state index in [-0.39, 0.29) is 23.7 Å². The summed E-state index contributed by atoms with van der Waals surface area (Å²) >= 11 is 0. The van der Waals surface area contributed by atoms with Crippen LogP contribution in [0, 0.1) is 11.6 Å². The van der Waals surface area contributed by atoms with Crippen LogP contribution in [-0.2, 0) is 6.42 Å². The fraction of sp³-hybridized carbons (Fsp3) is 0.286. The van der Waals surface area contributed by atoms with Gasteiger partial charge in [0.25, 0.3) is 0 Å². The molecule has 5 nitrogen and oxygen atoms in total. The van der Waals surface area contributed by atoms with Crippen molar-refractivity contribution in [3.8, 4) is 11.8 Å². The number of ether oxygens (including phenoxy) is 2. The Balaban J connectivity index is 2.30. The van der Waals surface area contributed by atoms with Gasteiger partial charge >= 0.3 is 0 Å². The normalized spacial score (nSPS) is 12.0. The van der Waals surface area contributed by atoms with Gasteiger partial charge in [0.1, 0.15) is 17.3 Å². The monoisotopic (exact) mass is 295 g/mol. The maximum Gasteiger partial charge on any atom is 0.240 e. The third kappa shape index (κ3) is 3.25. The maximum absolute atomic E-state index is 13.6. The quantitative estimate of drug-likeness (QED) is 0.913. The molecule has 0 saturated heterocycles. The molecule has 0 aliphatic carbocycles. The molecular formula is C14H15F2N3O2. The standard InChI is InChI=1S/C14H15F2N3O2/c1-20-12-7-18-13(14(19-12)21-2)11(17)6-8-9(15)4-3-5-10(8)16/h3-5,7,11H,6,17H2,1-2H3. The summed E-state index contributed by atoms with van der Waals surface area (Å²) in [5.41, 5.74) is 6.19. The summed E-state index contributed by atoms with van der Waals surface area (Å²) in [5, 5.41) is 0. The lowest BCUT2D eigenvalue weighted by atomic mass is 10.0. The zero-order valence-corrected chi connectivity index (χ0v) is 11.6. The van der Waals surface area contributed by atoms with Crippen molar-refractivity contribution in [3.05, 3.63) is 47.3 Å². The van der Waals surface area contributed by atoms with Crippen molar-refractivity contribution >= 4 is 0 Å². The van der Waals surface area contributed by atoms with Crippen LogP contribution in [0.1, 0.15) is 17.3 Å². The van der Waals surface area contributed by atoms with E-state index < -0.39 is 17.7 Å². The first-order valence-corrected chi connectivity index (χ1v) is 6.20. The third-order valence-electron chi connectivity index (χ3n) is 2.98. The molecule has 1 unspecified atom stereocenters. The zero-order valence-electron chi connectivity index (χ0n) is 11.6. The van der Waals surface area contributed by atoms with Gasteiger partial charge in [-0.05, 0) is 18.6 Å². The first-order chi connectivity index (χ1) is 10.1. The third-order valence-corrected chi connectivity index (χ3v) is 2.98. The molecule has 2 rings (SSSR count). The molecule has 0 amide bonds. The van der Waals surface area contributed by atoms with Gasteiger partial charge in [-0.1, -0.05) is 6.07 Å². The molecule has 7 heteroatoms. The number of hydrogen-bond donors (Lipinski definition) is 1. The van der Waals surface area contributed by atoms with E-state index in [0.29, 0.717) is 5.69 Å². The Morgan fingerprint density at radius 3 is 2.43 bits per heavy atom. The Bertz CT molecular complexity index is 617. The average molecular weight is 295 g/mol. The minimum Gasteiger partial charge on any atom is -0.480 e. The van der Waals surface area contributed by atoms with Crippen molar-refractivity contribution in [2.24, 2.45) is 5.73 Å². The minimum atomic E-state index is -0.759. The van der Waals surface area contributed by atoms with Crippen LogP contribution in [0.3, 0.4) is 0 Å². The molecule has 0 bridgehead atoms. The molecule has 0 saturated carbocycles. The Hall–Kier alpha value is -2.28. The van der Waals surface area contributed by atoms with E-state index in [4.69, 9.17) is 15.2 Å². The zero-order chi connectivity index (χ0) is 15.4. The molecule has 0 aliphatic heterocycles. The van der Waals surface area contributed by atoms with E-state index >= 15 is 0 Å². The molecule has 21 heavy (non-hydrogen) atoms. The number of rotatable bonds is 5. The molecule has 2 N–H and O–H groups in total. The lowest BCUT2D eigenvalue weighted by molar-refractivity contribution is 0.353. The maximum atomic E-state index is 13.6. The van der Waals surface area contributed by atoms with Crippen molar-refractivity contribution in [2.75, 3.05) is 14.2 Å². The fourth-order valence-electron chi connectivity index (χ4n) is 1.91. The van der Waals surface area contributed by atoms with Gasteiger partial charge in [-0.3, -0.25) is 0 Å².